The van der Waals surface area contributed by atoms with E-state index in [1.165, 1.54) is 13.0 Å². The Kier molecular flexibility index (Phi) is 36.6. The second-order valence-corrected chi connectivity index (χ2v) is 31.1. The molecule has 3 aromatic carbocycles. The number of carbonyl (C=O) groups excluding carboxylic acids is 12. The lowest BCUT2D eigenvalue weighted by atomic mass is 9.79. The lowest BCUT2D eigenvalue weighted by Gasteiger charge is -2.45. The van der Waals surface area contributed by atoms with Gasteiger partial charge >= 0.3 is 23.9 Å². The molecule has 8 amide bonds. The van der Waals surface area contributed by atoms with Crippen LogP contribution in [-0.4, -0.2) is 219 Å². The van der Waals surface area contributed by atoms with Gasteiger partial charge in [-0.05, 0) is 91.0 Å². The molecule has 37 heteroatoms. The van der Waals surface area contributed by atoms with Gasteiger partial charge in [-0.2, -0.15) is 0 Å². The minimum atomic E-state index is -0.934. The van der Waals surface area contributed by atoms with Gasteiger partial charge in [0.05, 0.1) is 83.3 Å². The van der Waals surface area contributed by atoms with E-state index in [0.717, 1.165) is 28.1 Å². The van der Waals surface area contributed by atoms with Crippen LogP contribution >= 0.6 is 0 Å². The third-order valence-corrected chi connectivity index (χ3v) is 22.4. The van der Waals surface area contributed by atoms with Gasteiger partial charge in [0, 0.05) is 114 Å². The molecule has 0 spiro atoms. The van der Waals surface area contributed by atoms with Crippen molar-refractivity contribution in [2.75, 3.05) is 47.3 Å². The third-order valence-electron chi connectivity index (χ3n) is 22.4. The quantitative estimate of drug-likeness (QED) is 0.0146. The maximum absolute atomic E-state index is 13.3. The van der Waals surface area contributed by atoms with E-state index >= 15 is 0 Å². The van der Waals surface area contributed by atoms with Gasteiger partial charge in [-0.25, -0.2) is 28.1 Å². The van der Waals surface area contributed by atoms with E-state index in [9.17, 15) is 61.9 Å². The number of carbonyl (C=O) groups is 12. The standard InChI is InChI=1S/C38H48N6O10.C27H36N4O7.C20H29FN2O7/c1-24-25(2)37(40-33(46)14-9-15-36(49)54-44-34(47)16-17-35(44)48)38(51-23-30(52-26(3)45)20-39-19-27-10-6-5-7-11-27)53-32(24)22-43-21-31(41-42-43)28-12-8-13-29(18-28)50-4;1-17-18(2)23(16-30-15-22(28-29-30)20-8-7-9-21(14-20)35-4)37-27(19(17)3)36-13-6-5-10-26(34)38-31-24(32)11-12-25(31)33;1-4-10-28-20-19(13(3)12(2)14(11-21)29-20)22-15(24)6-5-7-18(27)30-23-16(25)8-9-17(23)26/h5-8,10-13,18,21,24-25,30,32,37-39H,9,14-17,19-20,22-23H2,1-4H3,(H,40,46);7-9,14-15,17-19,23,27H,5-6,10-13,16H2,1-4H3;4,12-14,19-20H,1,5-11H2,2-3H3,(H,22,24). The smallest absolute Gasteiger partial charge is 0.333 e. The van der Waals surface area contributed by atoms with Crippen molar-refractivity contribution in [2.24, 2.45) is 41.4 Å². The molecule has 6 aliphatic heterocycles. The fourth-order valence-corrected chi connectivity index (χ4v) is 14.5. The normalized spacial score (nSPS) is 24.7. The highest BCUT2D eigenvalue weighted by Gasteiger charge is 2.46. The van der Waals surface area contributed by atoms with Crippen LogP contribution < -0.4 is 25.4 Å². The third kappa shape index (κ3) is 27.6. The van der Waals surface area contributed by atoms with E-state index in [-0.39, 0.29) is 150 Å². The Morgan fingerprint density at radius 1 is 0.516 bits per heavy atom. The summed E-state index contributed by atoms with van der Waals surface area (Å²) in [6.07, 6.45) is 2.79. The molecule has 3 N–H and O–H groups in total. The van der Waals surface area contributed by atoms with Crippen molar-refractivity contribution in [3.05, 3.63) is 109 Å². The number of rotatable bonds is 39. The van der Waals surface area contributed by atoms with Crippen molar-refractivity contribution >= 4 is 71.1 Å². The van der Waals surface area contributed by atoms with Crippen LogP contribution in [0.3, 0.4) is 0 Å². The van der Waals surface area contributed by atoms with Crippen LogP contribution in [0.5, 0.6) is 11.5 Å². The highest BCUT2D eigenvalue weighted by Crippen LogP contribution is 2.38. The number of hydrogen-bond donors (Lipinski definition) is 3. The van der Waals surface area contributed by atoms with Crippen molar-refractivity contribution in [3.63, 3.8) is 0 Å². The summed E-state index contributed by atoms with van der Waals surface area (Å²) >= 11 is 0. The molecule has 5 aromatic rings. The molecule has 6 aliphatic rings. The fraction of sp³-hybridized carbons (Fsp3) is 0.576. The van der Waals surface area contributed by atoms with Crippen LogP contribution in [0, 0.1) is 41.4 Å². The summed E-state index contributed by atoms with van der Waals surface area (Å²) in [7, 11) is 3.23. The molecule has 122 heavy (non-hydrogen) atoms. The number of hydrogen-bond acceptors (Lipinski definition) is 29. The van der Waals surface area contributed by atoms with Gasteiger partial charge in [-0.1, -0.05) is 120 Å². The molecule has 16 atom stereocenters. The number of unbranched alkanes of at least 4 members (excludes halogenated alkanes) is 1. The monoisotopic (exact) mass is 1700 g/mol. The van der Waals surface area contributed by atoms with Crippen molar-refractivity contribution in [2.45, 2.75) is 227 Å². The van der Waals surface area contributed by atoms with E-state index in [0.29, 0.717) is 84.1 Å². The Labute approximate surface area is 707 Å². The summed E-state index contributed by atoms with van der Waals surface area (Å²) in [5.41, 5.74) is 4.27. The number of nitrogens with one attached hydrogen (secondary N) is 3. The largest absolute Gasteiger partial charge is 0.497 e. The second-order valence-electron chi connectivity index (χ2n) is 31.1. The topological polar surface area (TPSA) is 423 Å². The molecule has 0 saturated carbocycles. The van der Waals surface area contributed by atoms with E-state index in [1.54, 1.807) is 23.6 Å². The van der Waals surface area contributed by atoms with Crippen LogP contribution in [0.1, 0.15) is 157 Å². The van der Waals surface area contributed by atoms with Gasteiger partial charge in [0.25, 0.3) is 35.4 Å². The molecular formula is C85H113FN12O24. The summed E-state index contributed by atoms with van der Waals surface area (Å²) in [5, 5.41) is 28.1. The second kappa shape index (κ2) is 47.0. The summed E-state index contributed by atoms with van der Waals surface area (Å²) in [6.45, 7) is 20.9. The van der Waals surface area contributed by atoms with Crippen molar-refractivity contribution in [3.8, 4) is 34.0 Å². The van der Waals surface area contributed by atoms with Crippen LogP contribution in [0.15, 0.2) is 104 Å². The van der Waals surface area contributed by atoms with Crippen LogP contribution in [-0.2, 0) is 125 Å². The zero-order valence-corrected chi connectivity index (χ0v) is 70.6. The van der Waals surface area contributed by atoms with Crippen LogP contribution in [0.2, 0.25) is 0 Å². The average Bonchev–Trinajstić information content (AvgIpc) is 0.994. The average molecular weight is 1710 g/mol. The summed E-state index contributed by atoms with van der Waals surface area (Å²) < 4.78 is 69.6. The van der Waals surface area contributed by atoms with E-state index in [1.807, 2.05) is 119 Å². The molecule has 11 rings (SSSR count). The Hall–Kier alpha value is -10.8. The molecule has 0 bridgehead atoms. The molecule has 2 aromatic heterocycles. The molecule has 6 saturated heterocycles. The predicted octanol–water partition coefficient (Wildman–Crippen LogP) is 7.75. The Balaban J connectivity index is 0.000000218. The van der Waals surface area contributed by atoms with E-state index < -0.39 is 109 Å². The number of hydroxylamine groups is 6. The number of aromatic nitrogens is 6. The first-order chi connectivity index (χ1) is 58.5. The zero-order chi connectivity index (χ0) is 88.1. The Morgan fingerprint density at radius 3 is 1.40 bits per heavy atom. The number of amides is 8. The molecule has 664 valence electrons. The number of benzene rings is 3. The SMILES string of the molecule is C=CCOC1OC(CF)C(C)C(C)C1NC(=O)CCCC(=O)ON1C(=O)CCC1=O.COc1cccc(-c2cn(CC3OC(OCC(CNCc4ccccc4)OC(C)=O)C(NC(=O)CCCC(=O)ON4C(=O)CCC4=O)C(C)C3C)nn2)c1.COc1cccc(-c2cn(CC3OC(OCCCCC(=O)ON4C(=O)CCC4=O)C(C)C(C)C3C)nn2)c1. The van der Waals surface area contributed by atoms with Gasteiger partial charge in [0.15, 0.2) is 18.9 Å². The zero-order valence-electron chi connectivity index (χ0n) is 70.6. The molecular weight excluding hydrogens is 1590 g/mol. The van der Waals surface area contributed by atoms with Gasteiger partial charge in [0.2, 0.25) is 11.8 Å². The number of esters is 1. The predicted molar refractivity (Wildman–Crippen MR) is 429 cm³/mol. The molecule has 16 unspecified atom stereocenters. The van der Waals surface area contributed by atoms with Crippen molar-refractivity contribution < 1.29 is 119 Å². The van der Waals surface area contributed by atoms with Crippen molar-refractivity contribution in [1.29, 1.82) is 0 Å². The highest BCUT2D eigenvalue weighted by atomic mass is 19.1. The minimum absolute atomic E-state index is 0.00624. The van der Waals surface area contributed by atoms with Gasteiger partial charge < -0.3 is 73.1 Å². The highest BCUT2D eigenvalue weighted by molar-refractivity contribution is 6.03. The molecule has 0 aliphatic carbocycles. The van der Waals surface area contributed by atoms with Gasteiger partial charge in [-0.15, -0.1) is 32.0 Å². The Morgan fingerprint density at radius 2 is 0.951 bits per heavy atom. The summed E-state index contributed by atoms with van der Waals surface area (Å²) in [6, 6.07) is 23.9. The van der Waals surface area contributed by atoms with Crippen LogP contribution in [0.4, 0.5) is 4.39 Å². The summed E-state index contributed by atoms with van der Waals surface area (Å²) in [5.74, 6) is -4.62. The van der Waals surface area contributed by atoms with Gasteiger partial charge in [0.1, 0.15) is 35.7 Å². The number of ether oxygens (including phenoxy) is 9. The molecule has 6 fully saturated rings. The molecule has 8 heterocycles. The molecule has 36 nitrogen and oxygen atoms in total. The number of alkyl halides is 1. The first-order valence-corrected chi connectivity index (χ1v) is 41.3. The Bertz CT molecular complexity index is 4330. The lowest BCUT2D eigenvalue weighted by molar-refractivity contribution is -0.251. The number of halogens is 1. The number of methoxy groups -OCH3 is 2. The van der Waals surface area contributed by atoms with E-state index in [2.05, 4.69) is 63.9 Å². The minimum Gasteiger partial charge on any atom is -0.497 e. The number of imide groups is 3. The first-order valence-electron chi connectivity index (χ1n) is 41.3. The maximum atomic E-state index is 13.3. The number of nitrogens with zero attached hydrogens (tertiary/aromatic N) is 9. The summed E-state index contributed by atoms with van der Waals surface area (Å²) in [4.78, 5) is 158. The lowest BCUT2D eigenvalue weighted by Crippen LogP contribution is -2.59. The van der Waals surface area contributed by atoms with E-state index in [4.69, 9.17) is 57.1 Å². The maximum Gasteiger partial charge on any atom is 0.333 e. The fourth-order valence-electron chi connectivity index (χ4n) is 14.5. The van der Waals surface area contributed by atoms with Gasteiger partial charge in [-0.3, -0.25) is 43.2 Å². The first kappa shape index (κ1) is 95.0. The van der Waals surface area contributed by atoms with Crippen molar-refractivity contribution in [1.82, 2.24) is 61.1 Å². The molecule has 0 radical (unpaired) electrons. The van der Waals surface area contributed by atoms with Crippen LogP contribution in [0.25, 0.3) is 22.5 Å².